The lowest BCUT2D eigenvalue weighted by Gasteiger charge is -2.11. The zero-order valence-corrected chi connectivity index (χ0v) is 10.7. The van der Waals surface area contributed by atoms with Gasteiger partial charge in [0, 0.05) is 5.38 Å². The molecule has 0 amide bonds. The van der Waals surface area contributed by atoms with E-state index in [0.29, 0.717) is 12.5 Å². The molecule has 0 aliphatic heterocycles. The maximum Gasteiger partial charge on any atom is 0.311 e. The van der Waals surface area contributed by atoms with E-state index in [2.05, 4.69) is 18.8 Å². The van der Waals surface area contributed by atoms with Gasteiger partial charge in [-0.05, 0) is 12.8 Å². The molecule has 0 aliphatic rings. The Morgan fingerprint density at radius 1 is 1.62 bits per heavy atom. The molecule has 0 aliphatic carbocycles. The van der Waals surface area contributed by atoms with E-state index in [1.54, 1.807) is 6.92 Å². The van der Waals surface area contributed by atoms with Crippen molar-refractivity contribution in [2.24, 2.45) is 11.7 Å². The highest BCUT2D eigenvalue weighted by molar-refractivity contribution is 7.09. The summed E-state index contributed by atoms with van der Waals surface area (Å²) in [5.74, 6) is 0.110. The second-order valence-electron chi connectivity index (χ2n) is 3.93. The lowest BCUT2D eigenvalue weighted by Crippen LogP contribution is -2.16. The van der Waals surface area contributed by atoms with Gasteiger partial charge in [-0.2, -0.15) is 0 Å². The van der Waals surface area contributed by atoms with Gasteiger partial charge in [-0.3, -0.25) is 4.79 Å². The summed E-state index contributed by atoms with van der Waals surface area (Å²) in [7, 11) is 0. The maximum atomic E-state index is 11.2. The van der Waals surface area contributed by atoms with Gasteiger partial charge in [0.05, 0.1) is 24.8 Å². The maximum absolute atomic E-state index is 11.2. The zero-order valence-electron chi connectivity index (χ0n) is 9.90. The van der Waals surface area contributed by atoms with Crippen molar-refractivity contribution >= 4 is 17.3 Å². The van der Waals surface area contributed by atoms with Crippen LogP contribution in [-0.4, -0.2) is 17.6 Å². The number of aromatic nitrogens is 1. The molecule has 0 fully saturated rings. The average molecular weight is 242 g/mol. The highest BCUT2D eigenvalue weighted by atomic mass is 32.1. The third-order valence-electron chi connectivity index (χ3n) is 2.20. The van der Waals surface area contributed by atoms with Crippen molar-refractivity contribution < 1.29 is 9.53 Å². The number of carbonyl (C=O) groups is 1. The summed E-state index contributed by atoms with van der Waals surface area (Å²) in [6, 6.07) is -0.0547. The predicted molar refractivity (Wildman–Crippen MR) is 64.2 cm³/mol. The number of hydrogen-bond acceptors (Lipinski definition) is 5. The fourth-order valence-electron chi connectivity index (χ4n) is 1.20. The van der Waals surface area contributed by atoms with Crippen molar-refractivity contribution in [3.63, 3.8) is 0 Å². The molecule has 0 bridgehead atoms. The van der Waals surface area contributed by atoms with Crippen molar-refractivity contribution in [1.29, 1.82) is 0 Å². The van der Waals surface area contributed by atoms with Gasteiger partial charge in [-0.25, -0.2) is 4.98 Å². The van der Waals surface area contributed by atoms with Gasteiger partial charge in [-0.1, -0.05) is 13.8 Å². The molecule has 1 unspecified atom stereocenters. The second-order valence-corrected chi connectivity index (χ2v) is 4.82. The highest BCUT2D eigenvalue weighted by Crippen LogP contribution is 2.22. The first-order valence-corrected chi connectivity index (χ1v) is 6.28. The molecule has 0 spiro atoms. The summed E-state index contributed by atoms with van der Waals surface area (Å²) in [4.78, 5) is 15.6. The molecule has 0 saturated carbocycles. The summed E-state index contributed by atoms with van der Waals surface area (Å²) < 4.78 is 4.86. The topological polar surface area (TPSA) is 65.2 Å². The molecule has 0 radical (unpaired) electrons. The van der Waals surface area contributed by atoms with Gasteiger partial charge in [0.2, 0.25) is 0 Å². The molecule has 90 valence electrons. The molecule has 1 rings (SSSR count). The molecular weight excluding hydrogens is 224 g/mol. The van der Waals surface area contributed by atoms with Crippen LogP contribution < -0.4 is 5.73 Å². The van der Waals surface area contributed by atoms with E-state index in [1.807, 2.05) is 5.38 Å². The number of nitrogens with zero attached hydrogens (tertiary/aromatic N) is 1. The Kier molecular flexibility index (Phi) is 4.89. The number of ether oxygens (including phenoxy) is 1. The predicted octanol–water partition coefficient (Wildman–Crippen LogP) is 1.90. The highest BCUT2D eigenvalue weighted by Gasteiger charge is 2.15. The van der Waals surface area contributed by atoms with E-state index >= 15 is 0 Å². The van der Waals surface area contributed by atoms with E-state index in [-0.39, 0.29) is 18.4 Å². The fourth-order valence-corrected chi connectivity index (χ4v) is 2.19. The second kappa shape index (κ2) is 5.96. The van der Waals surface area contributed by atoms with Crippen LogP contribution >= 0.6 is 11.3 Å². The molecule has 1 heterocycles. The van der Waals surface area contributed by atoms with Gasteiger partial charge in [-0.15, -0.1) is 11.3 Å². The first kappa shape index (κ1) is 13.1. The van der Waals surface area contributed by atoms with E-state index in [0.717, 1.165) is 10.7 Å². The number of carbonyl (C=O) groups excluding carboxylic acids is 1. The summed E-state index contributed by atoms with van der Waals surface area (Å²) in [5, 5.41) is 2.75. The molecule has 0 saturated heterocycles. The number of nitrogens with two attached hydrogens (primary N) is 1. The standard InChI is InChI=1S/C11H18N2O2S/c1-4-15-9(14)5-8-6-16-11(13-8)10(12)7(2)3/h6-7,10H,4-5,12H2,1-3H3. The van der Waals surface area contributed by atoms with Crippen molar-refractivity contribution in [1.82, 2.24) is 4.98 Å². The Bertz CT molecular complexity index is 350. The third kappa shape index (κ3) is 3.57. The van der Waals surface area contributed by atoms with Crippen molar-refractivity contribution in [3.8, 4) is 0 Å². The smallest absolute Gasteiger partial charge is 0.311 e. The van der Waals surface area contributed by atoms with Gasteiger partial charge in [0.25, 0.3) is 0 Å². The molecular formula is C11H18N2O2S. The number of esters is 1. The molecule has 1 aromatic rings. The molecule has 16 heavy (non-hydrogen) atoms. The van der Waals surface area contributed by atoms with E-state index in [9.17, 15) is 4.79 Å². The van der Waals surface area contributed by atoms with Crippen LogP contribution in [0.15, 0.2) is 5.38 Å². The molecule has 2 N–H and O–H groups in total. The Morgan fingerprint density at radius 3 is 2.88 bits per heavy atom. The largest absolute Gasteiger partial charge is 0.466 e. The van der Waals surface area contributed by atoms with Gasteiger partial charge >= 0.3 is 5.97 Å². The first-order chi connectivity index (χ1) is 7.54. The van der Waals surface area contributed by atoms with Crippen LogP contribution in [-0.2, 0) is 16.0 Å². The molecule has 4 nitrogen and oxygen atoms in total. The Balaban J connectivity index is 2.61. The zero-order chi connectivity index (χ0) is 12.1. The third-order valence-corrected chi connectivity index (χ3v) is 3.20. The van der Waals surface area contributed by atoms with Crippen LogP contribution in [0, 0.1) is 5.92 Å². The minimum atomic E-state index is -0.238. The van der Waals surface area contributed by atoms with Crippen LogP contribution in [0.4, 0.5) is 0 Å². The molecule has 0 aromatic carbocycles. The molecule has 5 heteroatoms. The van der Waals surface area contributed by atoms with E-state index < -0.39 is 0 Å². The Labute approximate surface area is 99.8 Å². The monoisotopic (exact) mass is 242 g/mol. The van der Waals surface area contributed by atoms with Crippen molar-refractivity contribution in [2.75, 3.05) is 6.61 Å². The summed E-state index contributed by atoms with van der Waals surface area (Å²) >= 11 is 1.50. The van der Waals surface area contributed by atoms with Crippen LogP contribution in [0.3, 0.4) is 0 Å². The molecule has 1 aromatic heterocycles. The van der Waals surface area contributed by atoms with Gasteiger partial charge in [0.1, 0.15) is 5.01 Å². The van der Waals surface area contributed by atoms with Gasteiger partial charge < -0.3 is 10.5 Å². The van der Waals surface area contributed by atoms with Crippen LogP contribution in [0.25, 0.3) is 0 Å². The molecule has 1 atom stereocenters. The Morgan fingerprint density at radius 2 is 2.31 bits per heavy atom. The number of hydrogen-bond donors (Lipinski definition) is 1. The minimum absolute atomic E-state index is 0.0547. The minimum Gasteiger partial charge on any atom is -0.466 e. The van der Waals surface area contributed by atoms with Crippen LogP contribution in [0.5, 0.6) is 0 Å². The Hall–Kier alpha value is -0.940. The summed E-state index contributed by atoms with van der Waals surface area (Å²) in [5.41, 5.74) is 6.72. The number of rotatable bonds is 5. The summed E-state index contributed by atoms with van der Waals surface area (Å²) in [6.45, 7) is 6.30. The lowest BCUT2D eigenvalue weighted by atomic mass is 10.1. The number of thiazole rings is 1. The first-order valence-electron chi connectivity index (χ1n) is 5.40. The normalized spacial score (nSPS) is 12.8. The van der Waals surface area contributed by atoms with Crippen molar-refractivity contribution in [2.45, 2.75) is 33.2 Å². The SMILES string of the molecule is CCOC(=O)Cc1csc(C(N)C(C)C)n1. The lowest BCUT2D eigenvalue weighted by molar-refractivity contribution is -0.142. The average Bonchev–Trinajstić information content (AvgIpc) is 2.65. The fraction of sp³-hybridized carbons (Fsp3) is 0.636. The van der Waals surface area contributed by atoms with Crippen molar-refractivity contribution in [3.05, 3.63) is 16.1 Å². The van der Waals surface area contributed by atoms with E-state index in [4.69, 9.17) is 10.5 Å². The van der Waals surface area contributed by atoms with Crippen LogP contribution in [0.2, 0.25) is 0 Å². The van der Waals surface area contributed by atoms with Crippen LogP contribution in [0.1, 0.15) is 37.5 Å². The van der Waals surface area contributed by atoms with Gasteiger partial charge in [0.15, 0.2) is 0 Å². The van der Waals surface area contributed by atoms with E-state index in [1.165, 1.54) is 11.3 Å². The summed E-state index contributed by atoms with van der Waals surface area (Å²) in [6.07, 6.45) is 0.231. The quantitative estimate of drug-likeness (QED) is 0.801.